The van der Waals surface area contributed by atoms with Crippen LogP contribution in [0.2, 0.25) is 10.0 Å². The van der Waals surface area contributed by atoms with Gasteiger partial charge in [-0.2, -0.15) is 5.26 Å². The lowest BCUT2D eigenvalue weighted by atomic mass is 10.1. The summed E-state index contributed by atoms with van der Waals surface area (Å²) in [6, 6.07) is 3.79. The quantitative estimate of drug-likeness (QED) is 0.538. The Bertz CT molecular complexity index is 815. The predicted octanol–water partition coefficient (Wildman–Crippen LogP) is 4.01. The van der Waals surface area contributed by atoms with Gasteiger partial charge in [-0.05, 0) is 25.0 Å². The average Bonchev–Trinajstić information content (AvgIpc) is 2.65. The number of rotatable bonds is 8. The van der Waals surface area contributed by atoms with Crippen LogP contribution in [0.4, 0.5) is 0 Å². The molecular weight excluding hydrogens is 377 g/mol. The first-order chi connectivity index (χ1) is 12.6. The molecule has 6 nitrogen and oxygen atoms in total. The summed E-state index contributed by atoms with van der Waals surface area (Å²) < 4.78 is 10.9. The normalized spacial score (nSPS) is 11.1. The first-order valence-electron chi connectivity index (χ1n) is 7.79. The SMILES string of the molecule is COc1ncc(/C(C#N)=C/c2c(Cl)cncc2Cl)cc1OCCCCO. The second kappa shape index (κ2) is 9.97. The lowest BCUT2D eigenvalue weighted by Gasteiger charge is -2.11. The van der Waals surface area contributed by atoms with Gasteiger partial charge in [0.25, 0.3) is 5.88 Å². The van der Waals surface area contributed by atoms with Crippen LogP contribution >= 0.6 is 23.2 Å². The van der Waals surface area contributed by atoms with E-state index < -0.39 is 0 Å². The molecule has 0 radical (unpaired) electrons. The Kier molecular flexibility index (Phi) is 7.67. The highest BCUT2D eigenvalue weighted by atomic mass is 35.5. The monoisotopic (exact) mass is 393 g/mol. The second-order valence-corrected chi connectivity index (χ2v) is 6.01. The average molecular weight is 394 g/mol. The number of aliphatic hydroxyl groups excluding tert-OH is 1. The van der Waals surface area contributed by atoms with Crippen molar-refractivity contribution in [3.8, 4) is 17.7 Å². The number of nitriles is 1. The molecule has 2 heterocycles. The number of nitrogens with zero attached hydrogens (tertiary/aromatic N) is 3. The standard InChI is InChI=1S/C18H17Cl2N3O3/c1-25-18-17(26-5-3-2-4-24)7-13(9-23-18)12(8-21)6-14-15(19)10-22-11-16(14)20/h6-7,9-11,24H,2-5H2,1H3/b12-6+. The van der Waals surface area contributed by atoms with Crippen LogP contribution in [-0.2, 0) is 0 Å². The van der Waals surface area contributed by atoms with Gasteiger partial charge in [0.2, 0.25) is 0 Å². The lowest BCUT2D eigenvalue weighted by molar-refractivity contribution is 0.246. The number of halogens is 2. The van der Waals surface area contributed by atoms with Crippen LogP contribution in [0.5, 0.6) is 11.6 Å². The van der Waals surface area contributed by atoms with E-state index in [-0.39, 0.29) is 6.61 Å². The van der Waals surface area contributed by atoms with Crippen molar-refractivity contribution in [3.63, 3.8) is 0 Å². The number of methoxy groups -OCH3 is 1. The summed E-state index contributed by atoms with van der Waals surface area (Å²) in [4.78, 5) is 8.08. The third-order valence-corrected chi connectivity index (χ3v) is 4.03. The van der Waals surface area contributed by atoms with Gasteiger partial charge in [0.1, 0.15) is 0 Å². The van der Waals surface area contributed by atoms with Crippen LogP contribution < -0.4 is 9.47 Å². The van der Waals surface area contributed by atoms with Crippen LogP contribution in [-0.4, -0.2) is 35.4 Å². The number of hydrogen-bond acceptors (Lipinski definition) is 6. The van der Waals surface area contributed by atoms with Crippen molar-refractivity contribution in [1.82, 2.24) is 9.97 Å². The maximum Gasteiger partial charge on any atom is 0.256 e. The zero-order valence-corrected chi connectivity index (χ0v) is 15.6. The molecule has 0 aromatic carbocycles. The predicted molar refractivity (Wildman–Crippen MR) is 100 cm³/mol. The minimum atomic E-state index is 0.105. The number of aromatic nitrogens is 2. The lowest BCUT2D eigenvalue weighted by Crippen LogP contribution is -2.02. The molecule has 0 saturated heterocycles. The van der Waals surface area contributed by atoms with E-state index in [1.165, 1.54) is 25.7 Å². The highest BCUT2D eigenvalue weighted by molar-refractivity contribution is 6.37. The molecule has 0 aliphatic carbocycles. The summed E-state index contributed by atoms with van der Waals surface area (Å²) >= 11 is 12.2. The maximum atomic E-state index is 9.54. The zero-order valence-electron chi connectivity index (χ0n) is 14.1. The molecule has 26 heavy (non-hydrogen) atoms. The summed E-state index contributed by atoms with van der Waals surface area (Å²) in [5, 5.41) is 19.1. The molecule has 136 valence electrons. The number of pyridine rings is 2. The van der Waals surface area contributed by atoms with Crippen LogP contribution in [0.1, 0.15) is 24.0 Å². The number of hydrogen-bond donors (Lipinski definition) is 1. The molecule has 1 N–H and O–H groups in total. The van der Waals surface area contributed by atoms with Gasteiger partial charge in [0.15, 0.2) is 5.75 Å². The maximum absolute atomic E-state index is 9.54. The van der Waals surface area contributed by atoms with E-state index in [1.54, 1.807) is 12.1 Å². The molecule has 0 spiro atoms. The van der Waals surface area contributed by atoms with Gasteiger partial charge >= 0.3 is 0 Å². The Hall–Kier alpha value is -2.33. The zero-order chi connectivity index (χ0) is 18.9. The van der Waals surface area contributed by atoms with Crippen LogP contribution in [0.3, 0.4) is 0 Å². The van der Waals surface area contributed by atoms with Crippen LogP contribution in [0.15, 0.2) is 24.7 Å². The van der Waals surface area contributed by atoms with Gasteiger partial charge < -0.3 is 14.6 Å². The molecule has 2 aromatic heterocycles. The minimum absolute atomic E-state index is 0.105. The van der Waals surface area contributed by atoms with Gasteiger partial charge in [0, 0.05) is 36.3 Å². The largest absolute Gasteiger partial charge is 0.488 e. The van der Waals surface area contributed by atoms with Gasteiger partial charge in [-0.3, -0.25) is 4.98 Å². The molecule has 2 rings (SSSR count). The highest BCUT2D eigenvalue weighted by Crippen LogP contribution is 2.31. The molecule has 0 bridgehead atoms. The Balaban J connectivity index is 2.36. The number of unbranched alkanes of at least 4 members (excludes halogenated alkanes) is 1. The molecule has 0 amide bonds. The first-order valence-corrected chi connectivity index (χ1v) is 8.55. The van der Waals surface area contributed by atoms with E-state index in [2.05, 4.69) is 16.0 Å². The topological polar surface area (TPSA) is 88.3 Å². The molecule has 2 aromatic rings. The van der Waals surface area contributed by atoms with Crippen molar-refractivity contribution in [2.24, 2.45) is 0 Å². The van der Waals surface area contributed by atoms with Crippen molar-refractivity contribution in [1.29, 1.82) is 5.26 Å². The second-order valence-electron chi connectivity index (χ2n) is 5.20. The Morgan fingerprint density at radius 2 is 2.00 bits per heavy atom. The van der Waals surface area contributed by atoms with Gasteiger partial charge in [-0.15, -0.1) is 0 Å². The third kappa shape index (κ3) is 5.09. The summed E-state index contributed by atoms with van der Waals surface area (Å²) in [5.74, 6) is 0.728. The Morgan fingerprint density at radius 1 is 1.27 bits per heavy atom. The molecular formula is C18H17Cl2N3O3. The first kappa shape index (κ1) is 20.0. The van der Waals surface area contributed by atoms with E-state index in [9.17, 15) is 5.26 Å². The van der Waals surface area contributed by atoms with E-state index in [0.29, 0.717) is 57.8 Å². The van der Waals surface area contributed by atoms with Crippen molar-refractivity contribution >= 4 is 34.9 Å². The fourth-order valence-corrected chi connectivity index (χ4v) is 2.59. The van der Waals surface area contributed by atoms with Crippen LogP contribution in [0.25, 0.3) is 11.6 Å². The highest BCUT2D eigenvalue weighted by Gasteiger charge is 2.12. The molecule has 8 heteroatoms. The van der Waals surface area contributed by atoms with Gasteiger partial charge in [-0.25, -0.2) is 4.98 Å². The van der Waals surface area contributed by atoms with E-state index in [0.717, 1.165) is 0 Å². The van der Waals surface area contributed by atoms with E-state index in [1.807, 2.05) is 0 Å². The van der Waals surface area contributed by atoms with Crippen molar-refractivity contribution in [3.05, 3.63) is 45.8 Å². The molecule has 0 aliphatic rings. The van der Waals surface area contributed by atoms with E-state index >= 15 is 0 Å². The molecule has 0 saturated carbocycles. The summed E-state index contributed by atoms with van der Waals surface area (Å²) in [5.41, 5.74) is 1.35. The van der Waals surface area contributed by atoms with Crippen molar-refractivity contribution in [2.75, 3.05) is 20.3 Å². The molecule has 0 fully saturated rings. The number of allylic oxidation sites excluding steroid dienone is 1. The van der Waals surface area contributed by atoms with Gasteiger partial charge in [0.05, 0.1) is 35.4 Å². The Morgan fingerprint density at radius 3 is 2.62 bits per heavy atom. The Labute approximate surface area is 161 Å². The van der Waals surface area contributed by atoms with Crippen molar-refractivity contribution < 1.29 is 14.6 Å². The van der Waals surface area contributed by atoms with E-state index in [4.69, 9.17) is 37.8 Å². The fourth-order valence-electron chi connectivity index (χ4n) is 2.12. The third-order valence-electron chi connectivity index (χ3n) is 3.43. The van der Waals surface area contributed by atoms with Gasteiger partial charge in [-0.1, -0.05) is 23.2 Å². The number of ether oxygens (including phenoxy) is 2. The minimum Gasteiger partial charge on any atom is -0.488 e. The smallest absolute Gasteiger partial charge is 0.256 e. The summed E-state index contributed by atoms with van der Waals surface area (Å²) in [7, 11) is 1.49. The van der Waals surface area contributed by atoms with Crippen LogP contribution in [0, 0.1) is 11.3 Å². The molecule has 0 atom stereocenters. The van der Waals surface area contributed by atoms with Crippen molar-refractivity contribution in [2.45, 2.75) is 12.8 Å². The fraction of sp³-hybridized carbons (Fsp3) is 0.278. The number of aliphatic hydroxyl groups is 1. The summed E-state index contributed by atoms with van der Waals surface area (Å²) in [6.07, 6.45) is 7.32. The molecule has 0 unspecified atom stereocenters. The summed E-state index contributed by atoms with van der Waals surface area (Å²) in [6.45, 7) is 0.503. The molecule has 0 aliphatic heterocycles.